The lowest BCUT2D eigenvalue weighted by Crippen LogP contribution is -2.56. The Morgan fingerprint density at radius 1 is 0.970 bits per heavy atom. The van der Waals surface area contributed by atoms with Crippen LogP contribution in [0.25, 0.3) is 0 Å². The molecule has 0 radical (unpaired) electrons. The Bertz CT molecular complexity index is 912. The fourth-order valence-corrected chi connectivity index (χ4v) is 4.33. The molecule has 0 bridgehead atoms. The minimum atomic E-state index is -2.34. The van der Waals surface area contributed by atoms with Gasteiger partial charge in [0, 0.05) is 0 Å². The molecule has 1 heterocycles. The average molecular weight is 479 g/mol. The number of nitrogens with one attached hydrogen (secondary N) is 1. The Hall–Kier alpha value is -2.72. The van der Waals surface area contributed by atoms with Gasteiger partial charge >= 0.3 is 12.1 Å². The van der Waals surface area contributed by atoms with Crippen molar-refractivity contribution in [3.05, 3.63) is 35.4 Å². The molecule has 182 valence electrons. The Morgan fingerprint density at radius 2 is 1.45 bits per heavy atom. The number of nitrogens with zero attached hydrogens (tertiary/aromatic N) is 1. The number of benzene rings is 1. The SMILES string of the molecule is C[C@@H](O[Si](C)(C)C(C)(C)C)[C@H](NC(=O)OC(C)(C)C)C(=O)ON1C(=O)c2ccccc2C1=O. The number of carbonyl (C=O) groups excluding carboxylic acids is 4. The number of hydrogen-bond acceptors (Lipinski definition) is 7. The number of fused-ring (bicyclic) bond motifs is 1. The Kier molecular flexibility index (Phi) is 7.44. The first-order chi connectivity index (χ1) is 14.9. The number of carbonyl (C=O) groups is 4. The van der Waals surface area contributed by atoms with Crippen molar-refractivity contribution >= 4 is 32.2 Å². The summed E-state index contributed by atoms with van der Waals surface area (Å²) in [4.78, 5) is 56.0. The third kappa shape index (κ3) is 6.20. The average Bonchev–Trinajstić information content (AvgIpc) is 2.88. The van der Waals surface area contributed by atoms with Gasteiger partial charge in [0.25, 0.3) is 11.8 Å². The molecule has 10 heteroatoms. The molecule has 0 aromatic heterocycles. The van der Waals surface area contributed by atoms with Crippen molar-refractivity contribution in [1.29, 1.82) is 0 Å². The highest BCUT2D eigenvalue weighted by molar-refractivity contribution is 6.74. The van der Waals surface area contributed by atoms with E-state index in [1.54, 1.807) is 39.8 Å². The number of rotatable bonds is 6. The van der Waals surface area contributed by atoms with Gasteiger partial charge in [-0.15, -0.1) is 0 Å². The van der Waals surface area contributed by atoms with Crippen molar-refractivity contribution < 1.29 is 33.2 Å². The standard InChI is InChI=1S/C23H34N2O7Si/c1-14(32-33(8,9)23(5,6)7)17(24-21(29)30-22(2,3)4)20(28)31-25-18(26)15-12-10-11-13-16(15)19(25)27/h10-14,17H,1-9H3,(H,24,29)/t14-,17+/m1/s1. The van der Waals surface area contributed by atoms with E-state index in [1.807, 2.05) is 33.9 Å². The highest BCUT2D eigenvalue weighted by Crippen LogP contribution is 2.37. The Balaban J connectivity index is 2.27. The molecule has 3 amide bonds. The lowest BCUT2D eigenvalue weighted by Gasteiger charge is -2.40. The van der Waals surface area contributed by atoms with Crippen molar-refractivity contribution in [1.82, 2.24) is 10.4 Å². The molecule has 0 unspecified atom stereocenters. The van der Waals surface area contributed by atoms with E-state index in [4.69, 9.17) is 14.0 Å². The van der Waals surface area contributed by atoms with E-state index in [1.165, 1.54) is 12.1 Å². The summed E-state index contributed by atoms with van der Waals surface area (Å²) >= 11 is 0. The lowest BCUT2D eigenvalue weighted by molar-refractivity contribution is -0.173. The van der Waals surface area contributed by atoms with Crippen LogP contribution in [0, 0.1) is 0 Å². The fraction of sp³-hybridized carbons (Fsp3) is 0.565. The third-order valence-corrected chi connectivity index (χ3v) is 10.2. The van der Waals surface area contributed by atoms with E-state index in [2.05, 4.69) is 5.32 Å². The predicted octanol–water partition coefficient (Wildman–Crippen LogP) is 4.04. The minimum Gasteiger partial charge on any atom is -0.444 e. The van der Waals surface area contributed by atoms with Crippen LogP contribution in [0.1, 0.15) is 69.2 Å². The van der Waals surface area contributed by atoms with Crippen molar-refractivity contribution in [2.75, 3.05) is 0 Å². The van der Waals surface area contributed by atoms with Crippen LogP contribution in [0.2, 0.25) is 18.1 Å². The topological polar surface area (TPSA) is 111 Å². The van der Waals surface area contributed by atoms with Crippen molar-refractivity contribution in [2.45, 2.75) is 84.3 Å². The van der Waals surface area contributed by atoms with E-state index in [0.717, 1.165) is 0 Å². The zero-order chi connectivity index (χ0) is 25.4. The summed E-state index contributed by atoms with van der Waals surface area (Å²) in [6, 6.07) is 4.85. The van der Waals surface area contributed by atoms with E-state index in [-0.39, 0.29) is 16.2 Å². The van der Waals surface area contributed by atoms with Crippen molar-refractivity contribution in [3.63, 3.8) is 0 Å². The lowest BCUT2D eigenvalue weighted by atomic mass is 10.1. The number of hydrogen-bond donors (Lipinski definition) is 1. The van der Waals surface area contributed by atoms with Crippen LogP contribution in [-0.4, -0.2) is 55.0 Å². The highest BCUT2D eigenvalue weighted by Gasteiger charge is 2.44. The van der Waals surface area contributed by atoms with Gasteiger partial charge in [0.2, 0.25) is 0 Å². The van der Waals surface area contributed by atoms with Crippen LogP contribution in [0.4, 0.5) is 4.79 Å². The number of hydroxylamine groups is 2. The van der Waals surface area contributed by atoms with Gasteiger partial charge in [-0.3, -0.25) is 9.59 Å². The molecule has 1 aliphatic heterocycles. The molecule has 0 fully saturated rings. The monoisotopic (exact) mass is 478 g/mol. The molecule has 2 atom stereocenters. The summed E-state index contributed by atoms with van der Waals surface area (Å²) in [6.45, 7) is 16.8. The predicted molar refractivity (Wildman–Crippen MR) is 124 cm³/mol. The molecule has 1 aromatic carbocycles. The quantitative estimate of drug-likeness (QED) is 0.485. The van der Waals surface area contributed by atoms with E-state index >= 15 is 0 Å². The van der Waals surface area contributed by atoms with Gasteiger partial charge < -0.3 is 19.3 Å². The molecule has 0 saturated heterocycles. The van der Waals surface area contributed by atoms with Gasteiger partial charge in [-0.05, 0) is 58.0 Å². The number of ether oxygens (including phenoxy) is 1. The van der Waals surface area contributed by atoms with Gasteiger partial charge in [0.05, 0.1) is 17.2 Å². The van der Waals surface area contributed by atoms with Gasteiger partial charge in [-0.1, -0.05) is 38.0 Å². The molecule has 2 rings (SSSR count). The van der Waals surface area contributed by atoms with Crippen LogP contribution in [0.5, 0.6) is 0 Å². The molecule has 0 spiro atoms. The fourth-order valence-electron chi connectivity index (χ4n) is 2.91. The molecular formula is C23H34N2O7Si. The van der Waals surface area contributed by atoms with Crippen LogP contribution in [-0.2, 0) is 18.8 Å². The highest BCUT2D eigenvalue weighted by atomic mass is 28.4. The molecule has 1 aliphatic rings. The Morgan fingerprint density at radius 3 is 1.88 bits per heavy atom. The first-order valence-corrected chi connectivity index (χ1v) is 13.7. The number of amides is 3. The maximum atomic E-state index is 13.1. The van der Waals surface area contributed by atoms with Crippen LogP contribution in [0.3, 0.4) is 0 Å². The van der Waals surface area contributed by atoms with E-state index in [9.17, 15) is 19.2 Å². The maximum absolute atomic E-state index is 13.1. The van der Waals surface area contributed by atoms with Crippen LogP contribution in [0.15, 0.2) is 24.3 Å². The first kappa shape index (κ1) is 26.5. The number of alkyl carbamates (subject to hydrolysis) is 1. The van der Waals surface area contributed by atoms with Crippen molar-refractivity contribution in [2.24, 2.45) is 0 Å². The van der Waals surface area contributed by atoms with Gasteiger partial charge in [0.15, 0.2) is 14.4 Å². The summed E-state index contributed by atoms with van der Waals surface area (Å²) in [5.74, 6) is -2.52. The second-order valence-corrected chi connectivity index (χ2v) is 15.3. The van der Waals surface area contributed by atoms with E-state index in [0.29, 0.717) is 5.06 Å². The molecule has 33 heavy (non-hydrogen) atoms. The summed E-state index contributed by atoms with van der Waals surface area (Å²) in [7, 11) is -2.34. The molecule has 0 saturated carbocycles. The normalized spacial score (nSPS) is 16.2. The first-order valence-electron chi connectivity index (χ1n) is 10.8. The maximum Gasteiger partial charge on any atom is 0.408 e. The van der Waals surface area contributed by atoms with Gasteiger partial charge in [-0.25, -0.2) is 9.59 Å². The second-order valence-electron chi connectivity index (χ2n) is 10.6. The summed E-state index contributed by atoms with van der Waals surface area (Å²) in [5.41, 5.74) is -0.528. The summed E-state index contributed by atoms with van der Waals surface area (Å²) in [5, 5.41) is 2.73. The minimum absolute atomic E-state index is 0.137. The zero-order valence-corrected chi connectivity index (χ0v) is 21.8. The summed E-state index contributed by atoms with van der Waals surface area (Å²) in [6.07, 6.45) is -1.67. The molecule has 9 nitrogen and oxygen atoms in total. The molecule has 1 aromatic rings. The molecular weight excluding hydrogens is 444 g/mol. The van der Waals surface area contributed by atoms with E-state index < -0.39 is 49.9 Å². The van der Waals surface area contributed by atoms with Crippen molar-refractivity contribution in [3.8, 4) is 0 Å². The smallest absolute Gasteiger partial charge is 0.408 e. The zero-order valence-electron chi connectivity index (χ0n) is 20.8. The Labute approximate surface area is 195 Å². The van der Waals surface area contributed by atoms with Gasteiger partial charge in [0.1, 0.15) is 5.60 Å². The van der Waals surface area contributed by atoms with Gasteiger partial charge in [-0.2, -0.15) is 0 Å². The largest absolute Gasteiger partial charge is 0.444 e. The summed E-state index contributed by atoms with van der Waals surface area (Å²) < 4.78 is 11.6. The molecule has 0 aliphatic carbocycles. The second kappa shape index (κ2) is 9.26. The molecule has 1 N–H and O–H groups in total. The van der Waals surface area contributed by atoms with Crippen LogP contribution >= 0.6 is 0 Å². The third-order valence-electron chi connectivity index (χ3n) is 5.62. The number of imide groups is 1. The van der Waals surface area contributed by atoms with Crippen LogP contribution < -0.4 is 5.32 Å².